The number of hydrogen-bond acceptors (Lipinski definition) is 11. The molecule has 156 valence electrons. The molecule has 0 aliphatic carbocycles. The van der Waals surface area contributed by atoms with Gasteiger partial charge in [-0.1, -0.05) is 0 Å². The highest BCUT2D eigenvalue weighted by Gasteiger charge is 2.23. The first kappa shape index (κ1) is 24.8. The molecule has 1 unspecified atom stereocenters. The summed E-state index contributed by atoms with van der Waals surface area (Å²) in [5, 5.41) is 9.53. The van der Waals surface area contributed by atoms with Crippen LogP contribution < -0.4 is 0 Å². The normalized spacial score (nSPS) is 11.4. The molecule has 11 nitrogen and oxygen atoms in total. The van der Waals surface area contributed by atoms with Crippen molar-refractivity contribution in [1.82, 2.24) is 0 Å². The third-order valence-corrected chi connectivity index (χ3v) is 2.71. The van der Waals surface area contributed by atoms with Crippen molar-refractivity contribution in [1.29, 1.82) is 0 Å². The van der Waals surface area contributed by atoms with Crippen LogP contribution in [-0.4, -0.2) is 87.9 Å². The van der Waals surface area contributed by atoms with Gasteiger partial charge in [-0.05, 0) is 13.8 Å². The van der Waals surface area contributed by atoms with E-state index in [1.54, 1.807) is 13.8 Å². The summed E-state index contributed by atoms with van der Waals surface area (Å²) >= 11 is 0. The molecule has 0 amide bonds. The number of aliphatic hydroxyl groups is 1. The zero-order valence-electron chi connectivity index (χ0n) is 15.5. The summed E-state index contributed by atoms with van der Waals surface area (Å²) in [5.41, 5.74) is 0. The molecule has 0 aromatic heterocycles. The van der Waals surface area contributed by atoms with Crippen molar-refractivity contribution in [3.05, 3.63) is 0 Å². The Balaban J connectivity index is 3.88. The maximum atomic E-state index is 11.5. The van der Waals surface area contributed by atoms with Crippen molar-refractivity contribution < 1.29 is 52.7 Å². The lowest BCUT2D eigenvalue weighted by Gasteiger charge is -2.10. The van der Waals surface area contributed by atoms with E-state index in [0.717, 1.165) is 0 Å². The molecule has 0 aromatic carbocycles. The third-order valence-electron chi connectivity index (χ3n) is 2.71. The Kier molecular flexibility index (Phi) is 14.6. The maximum absolute atomic E-state index is 11.5. The number of carbonyl (C=O) groups excluding carboxylic acids is 4. The van der Waals surface area contributed by atoms with E-state index in [1.165, 1.54) is 0 Å². The van der Waals surface area contributed by atoms with Gasteiger partial charge in [0, 0.05) is 13.2 Å². The summed E-state index contributed by atoms with van der Waals surface area (Å²) in [7, 11) is 0. The highest BCUT2D eigenvalue weighted by atomic mass is 16.6. The molecule has 0 saturated carbocycles. The molecule has 0 aliphatic heterocycles. The molecule has 0 saturated heterocycles. The van der Waals surface area contributed by atoms with Gasteiger partial charge in [0.1, 0.15) is 13.2 Å². The molecular weight excluding hydrogens is 368 g/mol. The fraction of sp³-hybridized carbons (Fsp3) is 0.750. The van der Waals surface area contributed by atoms with Crippen molar-refractivity contribution in [2.24, 2.45) is 0 Å². The van der Waals surface area contributed by atoms with E-state index in [0.29, 0.717) is 13.2 Å². The Morgan fingerprint density at radius 1 is 0.704 bits per heavy atom. The van der Waals surface area contributed by atoms with Gasteiger partial charge in [-0.3, -0.25) is 4.79 Å². The van der Waals surface area contributed by atoms with E-state index in [-0.39, 0.29) is 26.4 Å². The van der Waals surface area contributed by atoms with E-state index in [1.807, 2.05) is 0 Å². The fourth-order valence-corrected chi connectivity index (χ4v) is 1.47. The molecule has 1 N–H and O–H groups in total. The van der Waals surface area contributed by atoms with Gasteiger partial charge in [-0.15, -0.1) is 0 Å². The average Bonchev–Trinajstić information content (AvgIpc) is 2.65. The Labute approximate surface area is 156 Å². The van der Waals surface area contributed by atoms with Crippen molar-refractivity contribution >= 4 is 23.9 Å². The monoisotopic (exact) mass is 394 g/mol. The lowest BCUT2D eigenvalue weighted by molar-refractivity contribution is -0.168. The summed E-state index contributed by atoms with van der Waals surface area (Å²) < 4.78 is 28.4. The molecule has 0 aromatic rings. The summed E-state index contributed by atoms with van der Waals surface area (Å²) in [4.78, 5) is 45.5. The zero-order chi connectivity index (χ0) is 20.5. The maximum Gasteiger partial charge on any atom is 0.344 e. The molecular formula is C16H26O11. The summed E-state index contributed by atoms with van der Waals surface area (Å²) in [6.45, 7) is 3.56. The van der Waals surface area contributed by atoms with Crippen molar-refractivity contribution in [3.8, 4) is 0 Å². The first-order valence-corrected chi connectivity index (χ1v) is 8.37. The highest BCUT2D eigenvalue weighted by Crippen LogP contribution is 1.99. The fourth-order valence-electron chi connectivity index (χ4n) is 1.47. The Hall–Kier alpha value is -2.24. The summed E-state index contributed by atoms with van der Waals surface area (Å²) in [6.07, 6.45) is -2.59. The van der Waals surface area contributed by atoms with Crippen LogP contribution in [0.4, 0.5) is 0 Å². The van der Waals surface area contributed by atoms with Crippen LogP contribution in [0.2, 0.25) is 0 Å². The van der Waals surface area contributed by atoms with Crippen molar-refractivity contribution in [2.75, 3.05) is 52.9 Å². The minimum Gasteiger partial charge on any atom is -0.461 e. The van der Waals surface area contributed by atoms with Gasteiger partial charge in [0.2, 0.25) is 0 Å². The van der Waals surface area contributed by atoms with Crippen LogP contribution in [0.5, 0.6) is 0 Å². The molecule has 0 radical (unpaired) electrons. The largest absolute Gasteiger partial charge is 0.461 e. The van der Waals surface area contributed by atoms with Gasteiger partial charge in [0.25, 0.3) is 0 Å². The standard InChI is InChI=1S/C16H26O11/c1-3-22-5-7-24-14(19)10-26-13(18)9-12(17)16(21)27-11-15(20)25-8-6-23-4-2/h12,17H,3-11H2,1-2H3. The predicted octanol–water partition coefficient (Wildman–Crippen LogP) is -1.02. The van der Waals surface area contributed by atoms with Crippen molar-refractivity contribution in [3.63, 3.8) is 0 Å². The lowest BCUT2D eigenvalue weighted by Crippen LogP contribution is -2.30. The molecule has 0 bridgehead atoms. The second-order valence-corrected chi connectivity index (χ2v) is 4.82. The van der Waals surface area contributed by atoms with Crippen LogP contribution in [-0.2, 0) is 47.6 Å². The van der Waals surface area contributed by atoms with Gasteiger partial charge in [-0.2, -0.15) is 0 Å². The van der Waals surface area contributed by atoms with E-state index in [2.05, 4.69) is 9.47 Å². The number of aliphatic hydroxyl groups excluding tert-OH is 1. The Bertz CT molecular complexity index is 463. The van der Waals surface area contributed by atoms with E-state index in [9.17, 15) is 24.3 Å². The smallest absolute Gasteiger partial charge is 0.344 e. The zero-order valence-corrected chi connectivity index (χ0v) is 15.5. The van der Waals surface area contributed by atoms with Gasteiger partial charge < -0.3 is 33.5 Å². The molecule has 27 heavy (non-hydrogen) atoms. The number of rotatable bonds is 15. The minimum atomic E-state index is -1.84. The van der Waals surface area contributed by atoms with Gasteiger partial charge in [0.05, 0.1) is 19.6 Å². The Morgan fingerprint density at radius 3 is 1.67 bits per heavy atom. The first-order chi connectivity index (χ1) is 12.9. The van der Waals surface area contributed by atoms with Crippen LogP contribution in [0.15, 0.2) is 0 Å². The molecule has 11 heteroatoms. The lowest BCUT2D eigenvalue weighted by atomic mass is 10.2. The van der Waals surface area contributed by atoms with E-state index in [4.69, 9.17) is 18.9 Å². The molecule has 0 spiro atoms. The minimum absolute atomic E-state index is 0.000226. The number of esters is 4. The molecule has 0 rings (SSSR count). The molecule has 0 aliphatic rings. The second-order valence-electron chi connectivity index (χ2n) is 4.82. The number of carbonyl (C=O) groups is 4. The first-order valence-electron chi connectivity index (χ1n) is 8.37. The van der Waals surface area contributed by atoms with Crippen LogP contribution in [0.25, 0.3) is 0 Å². The van der Waals surface area contributed by atoms with E-state index < -0.39 is 49.6 Å². The van der Waals surface area contributed by atoms with Gasteiger partial charge in [0.15, 0.2) is 19.3 Å². The highest BCUT2D eigenvalue weighted by molar-refractivity contribution is 5.84. The second kappa shape index (κ2) is 16.0. The van der Waals surface area contributed by atoms with Crippen LogP contribution in [0, 0.1) is 0 Å². The topological polar surface area (TPSA) is 144 Å². The van der Waals surface area contributed by atoms with Gasteiger partial charge >= 0.3 is 23.9 Å². The molecule has 1 atom stereocenters. The van der Waals surface area contributed by atoms with Crippen LogP contribution in [0.1, 0.15) is 20.3 Å². The predicted molar refractivity (Wildman–Crippen MR) is 87.4 cm³/mol. The Morgan fingerprint density at radius 2 is 1.19 bits per heavy atom. The SMILES string of the molecule is CCOCCOC(=O)COC(=O)CC(O)C(=O)OCC(=O)OCCOCC. The number of hydrogen-bond donors (Lipinski definition) is 1. The van der Waals surface area contributed by atoms with E-state index >= 15 is 0 Å². The average molecular weight is 394 g/mol. The van der Waals surface area contributed by atoms with Crippen LogP contribution >= 0.6 is 0 Å². The number of ether oxygens (including phenoxy) is 6. The molecule has 0 heterocycles. The third kappa shape index (κ3) is 14.6. The van der Waals surface area contributed by atoms with Crippen molar-refractivity contribution in [2.45, 2.75) is 26.4 Å². The molecule has 0 fully saturated rings. The quantitative estimate of drug-likeness (QED) is 0.207. The van der Waals surface area contributed by atoms with Gasteiger partial charge in [-0.25, -0.2) is 14.4 Å². The summed E-state index contributed by atoms with van der Waals surface area (Å²) in [6, 6.07) is 0. The summed E-state index contributed by atoms with van der Waals surface area (Å²) in [5.74, 6) is -3.84. The van der Waals surface area contributed by atoms with Crippen LogP contribution in [0.3, 0.4) is 0 Å².